The number of alkyl halides is 3. The molecule has 1 aliphatic carbocycles. The molecule has 0 unspecified atom stereocenters. The number of rotatable bonds is 7. The number of nitrogens with two attached hydrogens (primary N) is 1. The lowest BCUT2D eigenvalue weighted by Crippen LogP contribution is -2.31. The predicted molar refractivity (Wildman–Crippen MR) is 126 cm³/mol. The van der Waals surface area contributed by atoms with Crippen molar-refractivity contribution in [3.63, 3.8) is 0 Å². The molecule has 0 saturated carbocycles. The van der Waals surface area contributed by atoms with Gasteiger partial charge in [0.15, 0.2) is 5.78 Å². The van der Waals surface area contributed by atoms with Gasteiger partial charge in [-0.25, -0.2) is 4.79 Å². The molecule has 0 radical (unpaired) electrons. The van der Waals surface area contributed by atoms with E-state index in [4.69, 9.17) is 24.7 Å². The molecular formula is C27H26F3NO6. The lowest BCUT2D eigenvalue weighted by atomic mass is 9.77. The van der Waals surface area contributed by atoms with Crippen molar-refractivity contribution < 1.29 is 41.7 Å². The molecule has 1 heterocycles. The van der Waals surface area contributed by atoms with Gasteiger partial charge in [0.1, 0.15) is 29.4 Å². The van der Waals surface area contributed by atoms with Crippen molar-refractivity contribution in [2.24, 2.45) is 5.73 Å². The molecule has 10 heteroatoms. The number of carbonyl (C=O) groups is 2. The van der Waals surface area contributed by atoms with E-state index in [9.17, 15) is 22.8 Å². The lowest BCUT2D eigenvalue weighted by Gasteiger charge is -2.32. The van der Waals surface area contributed by atoms with Crippen molar-refractivity contribution in [1.29, 1.82) is 0 Å². The van der Waals surface area contributed by atoms with Gasteiger partial charge in [-0.3, -0.25) is 4.79 Å². The molecule has 1 atom stereocenters. The minimum atomic E-state index is -4.51. The van der Waals surface area contributed by atoms with Crippen LogP contribution in [0.1, 0.15) is 48.8 Å². The molecule has 0 amide bonds. The minimum absolute atomic E-state index is 0.0192. The van der Waals surface area contributed by atoms with Crippen LogP contribution < -0.4 is 15.2 Å². The Morgan fingerprint density at radius 1 is 1.16 bits per heavy atom. The highest BCUT2D eigenvalue weighted by Crippen LogP contribution is 2.45. The van der Waals surface area contributed by atoms with Crippen molar-refractivity contribution in [3.05, 3.63) is 81.9 Å². The van der Waals surface area contributed by atoms with Gasteiger partial charge in [0.25, 0.3) is 0 Å². The first-order chi connectivity index (χ1) is 17.6. The van der Waals surface area contributed by atoms with Crippen LogP contribution >= 0.6 is 0 Å². The molecule has 0 spiro atoms. The minimum Gasteiger partial charge on any atom is -0.496 e. The predicted octanol–water partition coefficient (Wildman–Crippen LogP) is 5.15. The summed E-state index contributed by atoms with van der Waals surface area (Å²) >= 11 is 0. The Balaban J connectivity index is 1.73. The van der Waals surface area contributed by atoms with Crippen LogP contribution in [0.3, 0.4) is 0 Å². The average molecular weight is 518 g/mol. The van der Waals surface area contributed by atoms with Crippen LogP contribution in [0.2, 0.25) is 0 Å². The first-order valence-corrected chi connectivity index (χ1v) is 11.7. The fourth-order valence-corrected chi connectivity index (χ4v) is 4.51. The SMILES string of the molecule is CCOC(=O)C1=C(N)OC2=C(C(=O)CCC2)[C@H]1c1ccc(OC)c(COc2cccc(C(F)(F)F)c2)c1. The average Bonchev–Trinajstić information content (AvgIpc) is 2.86. The van der Waals surface area contributed by atoms with Gasteiger partial charge in [0.2, 0.25) is 5.88 Å². The summed E-state index contributed by atoms with van der Waals surface area (Å²) in [4.78, 5) is 25.9. The van der Waals surface area contributed by atoms with E-state index in [1.54, 1.807) is 25.1 Å². The Bertz CT molecular complexity index is 1280. The summed E-state index contributed by atoms with van der Waals surface area (Å²) in [7, 11) is 1.45. The second-order valence-electron chi connectivity index (χ2n) is 8.53. The quantitative estimate of drug-likeness (QED) is 0.508. The smallest absolute Gasteiger partial charge is 0.416 e. The van der Waals surface area contributed by atoms with E-state index >= 15 is 0 Å². The van der Waals surface area contributed by atoms with Crippen LogP contribution in [0.5, 0.6) is 11.5 Å². The van der Waals surface area contributed by atoms with Crippen molar-refractivity contribution in [2.45, 2.75) is 44.9 Å². The first kappa shape index (κ1) is 26.1. The number of allylic oxidation sites excluding steroid dienone is 2. The summed E-state index contributed by atoms with van der Waals surface area (Å²) in [5, 5.41) is 0. The van der Waals surface area contributed by atoms with Crippen LogP contribution in [0.25, 0.3) is 0 Å². The van der Waals surface area contributed by atoms with Crippen molar-refractivity contribution in [1.82, 2.24) is 0 Å². The summed E-state index contributed by atoms with van der Waals surface area (Å²) in [6, 6.07) is 9.57. The van der Waals surface area contributed by atoms with Gasteiger partial charge in [0.05, 0.1) is 25.2 Å². The van der Waals surface area contributed by atoms with Crippen LogP contribution in [-0.4, -0.2) is 25.5 Å². The molecule has 4 rings (SSSR count). The molecule has 7 nitrogen and oxygen atoms in total. The third kappa shape index (κ3) is 5.42. The molecule has 0 aromatic heterocycles. The zero-order chi connectivity index (χ0) is 26.7. The molecule has 0 fully saturated rings. The van der Waals surface area contributed by atoms with Gasteiger partial charge >= 0.3 is 12.1 Å². The van der Waals surface area contributed by atoms with Crippen molar-refractivity contribution in [2.75, 3.05) is 13.7 Å². The maximum absolute atomic E-state index is 13.1. The number of hydrogen-bond donors (Lipinski definition) is 1. The highest BCUT2D eigenvalue weighted by atomic mass is 19.4. The molecule has 2 aromatic rings. The molecule has 2 aromatic carbocycles. The van der Waals surface area contributed by atoms with E-state index in [0.29, 0.717) is 47.5 Å². The first-order valence-electron chi connectivity index (χ1n) is 11.7. The molecule has 37 heavy (non-hydrogen) atoms. The number of methoxy groups -OCH3 is 1. The van der Waals surface area contributed by atoms with E-state index in [0.717, 1.165) is 12.1 Å². The number of halogens is 3. The summed E-state index contributed by atoms with van der Waals surface area (Å²) < 4.78 is 61.3. The van der Waals surface area contributed by atoms with Crippen molar-refractivity contribution >= 4 is 11.8 Å². The molecule has 0 saturated heterocycles. The van der Waals surface area contributed by atoms with E-state index < -0.39 is 23.6 Å². The maximum atomic E-state index is 13.1. The summed E-state index contributed by atoms with van der Waals surface area (Å²) in [6.45, 7) is 1.62. The third-order valence-electron chi connectivity index (χ3n) is 6.17. The number of ketones is 1. The van der Waals surface area contributed by atoms with E-state index in [1.165, 1.54) is 19.2 Å². The highest BCUT2D eigenvalue weighted by Gasteiger charge is 2.41. The number of carbonyl (C=O) groups excluding carboxylic acids is 2. The van der Waals surface area contributed by atoms with Gasteiger partial charge in [-0.2, -0.15) is 13.2 Å². The van der Waals surface area contributed by atoms with Crippen LogP contribution in [0.15, 0.2) is 65.3 Å². The molecule has 2 aliphatic rings. The summed E-state index contributed by atoms with van der Waals surface area (Å²) in [6.07, 6.45) is -3.11. The normalized spacial score (nSPS) is 17.8. The Labute approximate surface area is 211 Å². The van der Waals surface area contributed by atoms with Gasteiger partial charge < -0.3 is 24.7 Å². The third-order valence-corrected chi connectivity index (χ3v) is 6.17. The number of benzene rings is 2. The number of Topliss-reactive ketones (excluding diaryl/α,β-unsaturated/α-hetero) is 1. The van der Waals surface area contributed by atoms with Crippen LogP contribution in [0, 0.1) is 0 Å². The highest BCUT2D eigenvalue weighted by molar-refractivity contribution is 6.03. The van der Waals surface area contributed by atoms with Gasteiger partial charge in [0, 0.05) is 24.0 Å². The molecule has 0 bridgehead atoms. The number of hydrogen-bond acceptors (Lipinski definition) is 7. The van der Waals surface area contributed by atoms with Crippen molar-refractivity contribution in [3.8, 4) is 11.5 Å². The van der Waals surface area contributed by atoms with Gasteiger partial charge in [-0.15, -0.1) is 0 Å². The van der Waals surface area contributed by atoms with Crippen LogP contribution in [-0.2, 0) is 31.8 Å². The summed E-state index contributed by atoms with van der Waals surface area (Å²) in [5.41, 5.74) is 6.71. The second kappa shape index (κ2) is 10.6. The Morgan fingerprint density at radius 3 is 2.65 bits per heavy atom. The molecule has 2 N–H and O–H groups in total. The Hall–Kier alpha value is -3.95. The molecule has 1 aliphatic heterocycles. The zero-order valence-electron chi connectivity index (χ0n) is 20.3. The van der Waals surface area contributed by atoms with Gasteiger partial charge in [-0.1, -0.05) is 12.1 Å². The summed E-state index contributed by atoms with van der Waals surface area (Å²) in [5.74, 6) is -0.961. The lowest BCUT2D eigenvalue weighted by molar-refractivity contribution is -0.139. The zero-order valence-corrected chi connectivity index (χ0v) is 20.3. The molecule has 196 valence electrons. The Morgan fingerprint density at radius 2 is 1.95 bits per heavy atom. The largest absolute Gasteiger partial charge is 0.496 e. The van der Waals surface area contributed by atoms with Gasteiger partial charge in [-0.05, 0) is 49.2 Å². The standard InChI is InChI=1S/C27H26F3NO6/c1-3-35-26(33)24-22(23-19(32)8-5-9-21(23)37-25(24)31)15-10-11-20(34-2)16(12-15)14-36-18-7-4-6-17(13-18)27(28,29)30/h4,6-7,10-13,22H,3,5,8-9,14,31H2,1-2H3/t22-/m1/s1. The molecular weight excluding hydrogens is 491 g/mol. The second-order valence-corrected chi connectivity index (χ2v) is 8.53. The van der Waals surface area contributed by atoms with E-state index in [1.807, 2.05) is 0 Å². The Kier molecular flexibility index (Phi) is 7.47. The fourth-order valence-electron chi connectivity index (χ4n) is 4.51. The number of esters is 1. The van der Waals surface area contributed by atoms with E-state index in [-0.39, 0.29) is 36.2 Å². The number of ether oxygens (including phenoxy) is 4. The maximum Gasteiger partial charge on any atom is 0.416 e. The van der Waals surface area contributed by atoms with E-state index in [2.05, 4.69) is 0 Å². The van der Waals surface area contributed by atoms with Crippen LogP contribution in [0.4, 0.5) is 13.2 Å². The fraction of sp³-hybridized carbons (Fsp3) is 0.333. The monoisotopic (exact) mass is 517 g/mol. The topological polar surface area (TPSA) is 97.1 Å².